The molecule has 0 bridgehead atoms. The van der Waals surface area contributed by atoms with Crippen LogP contribution in [0.2, 0.25) is 0 Å². The predicted octanol–water partition coefficient (Wildman–Crippen LogP) is 2.77. The van der Waals surface area contributed by atoms with Crippen LogP contribution in [0.25, 0.3) is 0 Å². The molecule has 1 fully saturated rings. The third-order valence-corrected chi connectivity index (χ3v) is 4.38. The van der Waals surface area contributed by atoms with Gasteiger partial charge in [0, 0.05) is 18.4 Å². The number of rotatable bonds is 4. The van der Waals surface area contributed by atoms with Gasteiger partial charge in [0.25, 0.3) is 0 Å². The highest BCUT2D eigenvalue weighted by Gasteiger charge is 2.30. The maximum Gasteiger partial charge on any atom is 0.0406 e. The second-order valence-electron chi connectivity index (χ2n) is 5.62. The molecule has 1 saturated heterocycles. The Morgan fingerprint density at radius 2 is 2.26 bits per heavy atom. The molecule has 0 saturated carbocycles. The number of hydrogen-bond donors (Lipinski definition) is 1. The Bertz CT molecular complexity index is 391. The first-order valence-electron chi connectivity index (χ1n) is 7.57. The highest BCUT2D eigenvalue weighted by molar-refractivity contribution is 5.26. The highest BCUT2D eigenvalue weighted by Crippen LogP contribution is 2.35. The third kappa shape index (κ3) is 3.34. The van der Waals surface area contributed by atoms with Crippen LogP contribution in [0.5, 0.6) is 0 Å². The van der Waals surface area contributed by atoms with Gasteiger partial charge in [-0.05, 0) is 69.6 Å². The molecule has 0 aliphatic carbocycles. The molecule has 1 aromatic heterocycles. The standard InChI is InChI=1S/C16H27N3/c1-4-19-10-6-5-7-14(11-17-3)16(19)15-12-18-9-8-13(15)2/h8-9,12,14,16-17H,4-7,10-11H2,1-3H3. The minimum atomic E-state index is 0.522. The van der Waals surface area contributed by atoms with E-state index in [4.69, 9.17) is 0 Å². The molecule has 0 aromatic carbocycles. The number of hydrogen-bond acceptors (Lipinski definition) is 3. The Balaban J connectivity index is 2.34. The van der Waals surface area contributed by atoms with Gasteiger partial charge in [-0.25, -0.2) is 0 Å². The molecule has 3 nitrogen and oxygen atoms in total. The van der Waals surface area contributed by atoms with Crippen LogP contribution in [0.4, 0.5) is 0 Å². The van der Waals surface area contributed by atoms with Crippen molar-refractivity contribution >= 4 is 0 Å². The Morgan fingerprint density at radius 3 is 2.95 bits per heavy atom. The van der Waals surface area contributed by atoms with Crippen molar-refractivity contribution < 1.29 is 0 Å². The fourth-order valence-electron chi connectivity index (χ4n) is 3.38. The normalized spacial score (nSPS) is 25.2. The van der Waals surface area contributed by atoms with E-state index in [0.29, 0.717) is 12.0 Å². The number of likely N-dealkylation sites (tertiary alicyclic amines) is 1. The Labute approximate surface area is 117 Å². The van der Waals surface area contributed by atoms with Crippen LogP contribution >= 0.6 is 0 Å². The first-order valence-corrected chi connectivity index (χ1v) is 7.57. The molecule has 0 spiro atoms. The molecule has 1 aliphatic heterocycles. The molecule has 2 unspecified atom stereocenters. The number of nitrogens with zero attached hydrogens (tertiary/aromatic N) is 2. The molecule has 1 N–H and O–H groups in total. The van der Waals surface area contributed by atoms with Gasteiger partial charge in [-0.15, -0.1) is 0 Å². The van der Waals surface area contributed by atoms with Gasteiger partial charge in [0.05, 0.1) is 0 Å². The van der Waals surface area contributed by atoms with Crippen molar-refractivity contribution in [2.75, 3.05) is 26.7 Å². The zero-order valence-electron chi connectivity index (χ0n) is 12.5. The summed E-state index contributed by atoms with van der Waals surface area (Å²) < 4.78 is 0. The fraction of sp³-hybridized carbons (Fsp3) is 0.688. The summed E-state index contributed by atoms with van der Waals surface area (Å²) >= 11 is 0. The predicted molar refractivity (Wildman–Crippen MR) is 80.2 cm³/mol. The smallest absolute Gasteiger partial charge is 0.0406 e. The monoisotopic (exact) mass is 261 g/mol. The lowest BCUT2D eigenvalue weighted by atomic mass is 9.88. The lowest BCUT2D eigenvalue weighted by Gasteiger charge is -2.35. The zero-order chi connectivity index (χ0) is 13.7. The number of aryl methyl sites for hydroxylation is 1. The van der Waals surface area contributed by atoms with E-state index in [1.54, 1.807) is 0 Å². The maximum atomic E-state index is 4.37. The lowest BCUT2D eigenvalue weighted by Crippen LogP contribution is -2.36. The molecule has 106 valence electrons. The van der Waals surface area contributed by atoms with Crippen LogP contribution in [0.15, 0.2) is 18.5 Å². The summed E-state index contributed by atoms with van der Waals surface area (Å²) in [5.74, 6) is 0.690. The fourth-order valence-corrected chi connectivity index (χ4v) is 3.38. The van der Waals surface area contributed by atoms with Crippen molar-refractivity contribution in [3.63, 3.8) is 0 Å². The zero-order valence-corrected chi connectivity index (χ0v) is 12.5. The van der Waals surface area contributed by atoms with Gasteiger partial charge in [0.1, 0.15) is 0 Å². The van der Waals surface area contributed by atoms with E-state index in [-0.39, 0.29) is 0 Å². The van der Waals surface area contributed by atoms with Gasteiger partial charge >= 0.3 is 0 Å². The maximum absolute atomic E-state index is 4.37. The summed E-state index contributed by atoms with van der Waals surface area (Å²) in [6.45, 7) is 7.93. The average Bonchev–Trinajstić information content (AvgIpc) is 2.62. The van der Waals surface area contributed by atoms with Gasteiger partial charge in [-0.2, -0.15) is 0 Å². The Kier molecular flexibility index (Phi) is 5.34. The summed E-state index contributed by atoms with van der Waals surface area (Å²) in [6, 6.07) is 2.67. The minimum Gasteiger partial charge on any atom is -0.319 e. The van der Waals surface area contributed by atoms with Crippen LogP contribution in [-0.4, -0.2) is 36.6 Å². The molecular weight excluding hydrogens is 234 g/mol. The molecule has 1 aromatic rings. The second-order valence-corrected chi connectivity index (χ2v) is 5.62. The van der Waals surface area contributed by atoms with Gasteiger partial charge in [0.15, 0.2) is 0 Å². The van der Waals surface area contributed by atoms with E-state index in [0.717, 1.165) is 13.1 Å². The molecule has 19 heavy (non-hydrogen) atoms. The molecule has 2 atom stereocenters. The highest BCUT2D eigenvalue weighted by atomic mass is 15.2. The van der Waals surface area contributed by atoms with E-state index in [1.807, 2.05) is 6.20 Å². The molecule has 0 radical (unpaired) electrons. The SMILES string of the molecule is CCN1CCCCC(CNC)C1c1cnccc1C. The van der Waals surface area contributed by atoms with Crippen molar-refractivity contribution in [2.45, 2.75) is 39.2 Å². The largest absolute Gasteiger partial charge is 0.319 e. The second kappa shape index (κ2) is 7.01. The van der Waals surface area contributed by atoms with Crippen LogP contribution in [0.1, 0.15) is 43.4 Å². The lowest BCUT2D eigenvalue weighted by molar-refractivity contribution is 0.161. The summed E-state index contributed by atoms with van der Waals surface area (Å²) in [5.41, 5.74) is 2.80. The number of pyridine rings is 1. The first-order chi connectivity index (χ1) is 9.27. The Morgan fingerprint density at radius 1 is 1.42 bits per heavy atom. The van der Waals surface area contributed by atoms with Crippen molar-refractivity contribution in [1.82, 2.24) is 15.2 Å². The van der Waals surface area contributed by atoms with Crippen molar-refractivity contribution in [3.8, 4) is 0 Å². The first kappa shape index (κ1) is 14.5. The molecule has 0 amide bonds. The van der Waals surface area contributed by atoms with E-state index >= 15 is 0 Å². The van der Waals surface area contributed by atoms with E-state index in [1.165, 1.54) is 36.9 Å². The van der Waals surface area contributed by atoms with Gasteiger partial charge in [0.2, 0.25) is 0 Å². The average molecular weight is 261 g/mol. The van der Waals surface area contributed by atoms with Crippen LogP contribution < -0.4 is 5.32 Å². The van der Waals surface area contributed by atoms with Crippen LogP contribution in [-0.2, 0) is 0 Å². The molecule has 1 aliphatic rings. The minimum absolute atomic E-state index is 0.522. The summed E-state index contributed by atoms with van der Waals surface area (Å²) in [4.78, 5) is 7.01. The summed E-state index contributed by atoms with van der Waals surface area (Å²) in [5, 5.41) is 3.38. The molecular formula is C16H27N3. The summed E-state index contributed by atoms with van der Waals surface area (Å²) in [7, 11) is 2.06. The molecule has 3 heteroatoms. The number of aromatic nitrogens is 1. The van der Waals surface area contributed by atoms with Gasteiger partial charge in [-0.1, -0.05) is 13.3 Å². The quantitative estimate of drug-likeness (QED) is 0.903. The van der Waals surface area contributed by atoms with Crippen LogP contribution in [0, 0.1) is 12.8 Å². The van der Waals surface area contributed by atoms with Crippen molar-refractivity contribution in [2.24, 2.45) is 5.92 Å². The van der Waals surface area contributed by atoms with Gasteiger partial charge in [-0.3, -0.25) is 9.88 Å². The van der Waals surface area contributed by atoms with Crippen molar-refractivity contribution in [1.29, 1.82) is 0 Å². The van der Waals surface area contributed by atoms with E-state index in [9.17, 15) is 0 Å². The summed E-state index contributed by atoms with van der Waals surface area (Å²) in [6.07, 6.45) is 7.97. The molecule has 2 rings (SSSR count). The van der Waals surface area contributed by atoms with Crippen LogP contribution in [0.3, 0.4) is 0 Å². The third-order valence-electron chi connectivity index (χ3n) is 4.38. The van der Waals surface area contributed by atoms with Gasteiger partial charge < -0.3 is 5.32 Å². The van der Waals surface area contributed by atoms with E-state index in [2.05, 4.69) is 48.4 Å². The molecule has 2 heterocycles. The number of nitrogens with one attached hydrogen (secondary N) is 1. The Hall–Kier alpha value is -0.930. The van der Waals surface area contributed by atoms with E-state index < -0.39 is 0 Å². The van der Waals surface area contributed by atoms with Crippen molar-refractivity contribution in [3.05, 3.63) is 29.6 Å². The topological polar surface area (TPSA) is 28.2 Å².